The van der Waals surface area contributed by atoms with E-state index in [9.17, 15) is 9.50 Å². The van der Waals surface area contributed by atoms with Gasteiger partial charge < -0.3 is 19.3 Å². The van der Waals surface area contributed by atoms with Crippen LogP contribution in [0.4, 0.5) is 4.39 Å². The molecule has 1 N–H and O–H groups in total. The van der Waals surface area contributed by atoms with E-state index in [2.05, 4.69) is 4.90 Å². The lowest BCUT2D eigenvalue weighted by Crippen LogP contribution is -2.55. The summed E-state index contributed by atoms with van der Waals surface area (Å²) in [6.07, 6.45) is 3.03. The van der Waals surface area contributed by atoms with Gasteiger partial charge in [0, 0.05) is 39.6 Å². The molecule has 3 rings (SSSR count). The van der Waals surface area contributed by atoms with Crippen molar-refractivity contribution in [1.82, 2.24) is 4.90 Å². The van der Waals surface area contributed by atoms with Crippen molar-refractivity contribution in [2.75, 3.05) is 40.5 Å². The third-order valence-electron chi connectivity index (χ3n) is 5.43. The van der Waals surface area contributed by atoms with Crippen LogP contribution in [0.3, 0.4) is 0 Å². The molecule has 0 aliphatic carbocycles. The van der Waals surface area contributed by atoms with Crippen LogP contribution in [-0.4, -0.2) is 61.7 Å². The van der Waals surface area contributed by atoms with Gasteiger partial charge in [0.1, 0.15) is 0 Å². The molecule has 2 fully saturated rings. The van der Waals surface area contributed by atoms with Crippen LogP contribution in [-0.2, 0) is 16.0 Å². The van der Waals surface area contributed by atoms with Crippen LogP contribution >= 0.6 is 0 Å². The molecule has 0 radical (unpaired) electrons. The van der Waals surface area contributed by atoms with E-state index in [0.717, 1.165) is 38.0 Å². The third kappa shape index (κ3) is 4.31. The van der Waals surface area contributed by atoms with Crippen LogP contribution in [0.1, 0.15) is 31.2 Å². The zero-order chi connectivity index (χ0) is 17.9. The van der Waals surface area contributed by atoms with Gasteiger partial charge >= 0.3 is 0 Å². The number of rotatable bonds is 5. The number of nitrogens with zero attached hydrogens (tertiary/aromatic N) is 1. The fraction of sp³-hybridized carbons (Fsp3) is 0.684. The van der Waals surface area contributed by atoms with Gasteiger partial charge in [-0.05, 0) is 30.5 Å². The second-order valence-corrected chi connectivity index (χ2v) is 7.36. The van der Waals surface area contributed by atoms with Crippen molar-refractivity contribution in [1.29, 1.82) is 0 Å². The topological polar surface area (TPSA) is 51.2 Å². The molecule has 2 heterocycles. The molecule has 1 unspecified atom stereocenters. The van der Waals surface area contributed by atoms with Crippen molar-refractivity contribution in [3.8, 4) is 5.75 Å². The zero-order valence-electron chi connectivity index (χ0n) is 15.1. The number of hydrogen-bond acceptors (Lipinski definition) is 5. The van der Waals surface area contributed by atoms with Crippen molar-refractivity contribution in [3.05, 3.63) is 29.6 Å². The van der Waals surface area contributed by atoms with E-state index in [4.69, 9.17) is 14.2 Å². The van der Waals surface area contributed by atoms with Crippen molar-refractivity contribution in [3.63, 3.8) is 0 Å². The van der Waals surface area contributed by atoms with Crippen molar-refractivity contribution in [2.45, 2.75) is 43.4 Å². The highest BCUT2D eigenvalue weighted by molar-refractivity contribution is 5.30. The molecular weight excluding hydrogens is 325 g/mol. The van der Waals surface area contributed by atoms with Gasteiger partial charge in [0.25, 0.3) is 0 Å². The summed E-state index contributed by atoms with van der Waals surface area (Å²) in [4.78, 5) is 2.34. The van der Waals surface area contributed by atoms with E-state index in [-0.39, 0.29) is 17.2 Å². The Kier molecular flexibility index (Phi) is 5.63. The first-order valence-corrected chi connectivity index (χ1v) is 8.88. The van der Waals surface area contributed by atoms with Gasteiger partial charge in [-0.25, -0.2) is 4.39 Å². The minimum atomic E-state index is -0.778. The molecule has 2 aliphatic rings. The normalized spacial score (nSPS) is 26.7. The summed E-state index contributed by atoms with van der Waals surface area (Å²) in [7, 11) is 3.11. The van der Waals surface area contributed by atoms with E-state index in [1.54, 1.807) is 19.2 Å². The molecule has 6 heteroatoms. The van der Waals surface area contributed by atoms with Gasteiger partial charge in [0.05, 0.1) is 31.5 Å². The van der Waals surface area contributed by atoms with E-state index in [1.165, 1.54) is 13.2 Å². The molecule has 1 atom stereocenters. The molecule has 2 aliphatic heterocycles. The molecular formula is C19H28FNO4. The number of hydrogen-bond donors (Lipinski definition) is 1. The summed E-state index contributed by atoms with van der Waals surface area (Å²) < 4.78 is 29.9. The summed E-state index contributed by atoms with van der Waals surface area (Å²) in [6.45, 7) is 3.48. The summed E-state index contributed by atoms with van der Waals surface area (Å²) >= 11 is 0. The number of likely N-dealkylation sites (tertiary alicyclic amines) is 1. The number of benzene rings is 1. The summed E-state index contributed by atoms with van der Waals surface area (Å²) in [5.74, 6) is -0.0527. The zero-order valence-corrected chi connectivity index (χ0v) is 15.1. The number of aliphatic hydroxyl groups is 1. The Morgan fingerprint density at radius 1 is 1.24 bits per heavy atom. The molecule has 25 heavy (non-hydrogen) atoms. The van der Waals surface area contributed by atoms with E-state index in [1.807, 2.05) is 0 Å². The second kappa shape index (κ2) is 7.58. The highest BCUT2D eigenvalue weighted by Crippen LogP contribution is 2.40. The molecule has 140 valence electrons. The standard InChI is InChI=1S/C19H28FNO4/c1-23-14-18(22)7-10-25-19(13-18)5-8-21(9-6-19)12-15-3-4-16(20)17(11-15)24-2/h3-4,11,22H,5-10,12-14H2,1-2H3. The van der Waals surface area contributed by atoms with Crippen LogP contribution < -0.4 is 4.74 Å². The molecule has 0 amide bonds. The van der Waals surface area contributed by atoms with Gasteiger partial charge in [-0.1, -0.05) is 6.07 Å². The molecule has 1 aromatic rings. The largest absolute Gasteiger partial charge is 0.494 e. The van der Waals surface area contributed by atoms with Gasteiger partial charge in [-0.3, -0.25) is 4.90 Å². The Morgan fingerprint density at radius 2 is 2.00 bits per heavy atom. The Morgan fingerprint density at radius 3 is 2.68 bits per heavy atom. The fourth-order valence-corrected chi connectivity index (χ4v) is 4.09. The molecule has 5 nitrogen and oxygen atoms in total. The number of ether oxygens (including phenoxy) is 3. The van der Waals surface area contributed by atoms with Crippen LogP contribution in [0.25, 0.3) is 0 Å². The first kappa shape index (κ1) is 18.6. The van der Waals surface area contributed by atoms with Crippen LogP contribution in [0.15, 0.2) is 18.2 Å². The van der Waals surface area contributed by atoms with E-state index < -0.39 is 5.60 Å². The smallest absolute Gasteiger partial charge is 0.165 e. The lowest BCUT2D eigenvalue weighted by Gasteiger charge is -2.49. The van der Waals surface area contributed by atoms with Crippen LogP contribution in [0.2, 0.25) is 0 Å². The quantitative estimate of drug-likeness (QED) is 0.881. The fourth-order valence-electron chi connectivity index (χ4n) is 4.09. The van der Waals surface area contributed by atoms with Crippen LogP contribution in [0.5, 0.6) is 5.75 Å². The number of methoxy groups -OCH3 is 2. The van der Waals surface area contributed by atoms with Crippen molar-refractivity contribution < 1.29 is 23.7 Å². The lowest BCUT2D eigenvalue weighted by molar-refractivity contribution is -0.191. The Hall–Kier alpha value is -1.21. The Labute approximate surface area is 148 Å². The molecule has 0 saturated carbocycles. The monoisotopic (exact) mass is 353 g/mol. The third-order valence-corrected chi connectivity index (χ3v) is 5.43. The molecule has 2 saturated heterocycles. The van der Waals surface area contributed by atoms with Gasteiger partial charge in [-0.2, -0.15) is 0 Å². The maximum absolute atomic E-state index is 13.5. The number of halogens is 1. The molecule has 1 spiro atoms. The van der Waals surface area contributed by atoms with Gasteiger partial charge in [-0.15, -0.1) is 0 Å². The lowest BCUT2D eigenvalue weighted by atomic mass is 9.77. The minimum absolute atomic E-state index is 0.248. The molecule has 1 aromatic carbocycles. The predicted molar refractivity (Wildman–Crippen MR) is 92.2 cm³/mol. The first-order chi connectivity index (χ1) is 12.0. The van der Waals surface area contributed by atoms with Crippen molar-refractivity contribution in [2.24, 2.45) is 0 Å². The highest BCUT2D eigenvalue weighted by Gasteiger charge is 2.46. The summed E-state index contributed by atoms with van der Waals surface area (Å²) in [6, 6.07) is 5.01. The van der Waals surface area contributed by atoms with E-state index in [0.29, 0.717) is 26.1 Å². The average Bonchev–Trinajstić information content (AvgIpc) is 2.59. The SMILES string of the molecule is COCC1(O)CCOC2(CCN(Cc3ccc(F)c(OC)c3)CC2)C1. The summed E-state index contributed by atoms with van der Waals surface area (Å²) in [5.41, 5.74) is 0.0109. The first-order valence-electron chi connectivity index (χ1n) is 8.88. The van der Waals surface area contributed by atoms with Crippen LogP contribution in [0, 0.1) is 5.82 Å². The highest BCUT2D eigenvalue weighted by atomic mass is 19.1. The molecule has 0 bridgehead atoms. The second-order valence-electron chi connectivity index (χ2n) is 7.36. The maximum Gasteiger partial charge on any atom is 0.165 e. The Bertz CT molecular complexity index is 585. The summed E-state index contributed by atoms with van der Waals surface area (Å²) in [5, 5.41) is 10.7. The maximum atomic E-state index is 13.5. The minimum Gasteiger partial charge on any atom is -0.494 e. The van der Waals surface area contributed by atoms with Gasteiger partial charge in [0.15, 0.2) is 11.6 Å². The Balaban J connectivity index is 1.58. The van der Waals surface area contributed by atoms with Gasteiger partial charge in [0.2, 0.25) is 0 Å². The molecule has 0 aromatic heterocycles. The average molecular weight is 353 g/mol. The number of piperidine rings is 1. The van der Waals surface area contributed by atoms with Crippen molar-refractivity contribution >= 4 is 0 Å². The van der Waals surface area contributed by atoms with E-state index >= 15 is 0 Å². The predicted octanol–water partition coefficient (Wildman–Crippen LogP) is 2.36.